The Balaban J connectivity index is 1.05. The molecule has 0 N–H and O–H groups in total. The van der Waals surface area contributed by atoms with Crippen LogP contribution in [0.3, 0.4) is 0 Å². The average Bonchev–Trinajstić information content (AvgIpc) is 3.84. The quantitative estimate of drug-likeness (QED) is 0.169. The van der Waals surface area contributed by atoms with Crippen LogP contribution in [-0.2, 0) is 0 Å². The Morgan fingerprint density at radius 3 is 1.52 bits per heavy atom. The molecule has 0 atom stereocenters. The molecule has 0 aliphatic rings. The van der Waals surface area contributed by atoms with Crippen molar-refractivity contribution in [3.8, 4) is 45.3 Å². The maximum atomic E-state index is 6.15. The standard InChI is InChI=1S/C51H29N3OS/c1-2-10-30(11-3-1)49-52-50(54-51(53-49)34-21-25-48-44(29-34)40-15-7-9-17-47(40)56-48)33-19-23-38-41-26-31(18-22-37(41)35-12-4-5-13-36(35)42(38)28-33)32-20-24-46-43(27-32)39-14-6-8-16-45(39)55-46/h1-29H. The topological polar surface area (TPSA) is 51.8 Å². The molecule has 260 valence electrons. The van der Waals surface area contributed by atoms with Gasteiger partial charge in [0.05, 0.1) is 0 Å². The highest BCUT2D eigenvalue weighted by molar-refractivity contribution is 7.25. The molecule has 0 aliphatic heterocycles. The number of rotatable bonds is 4. The Bertz CT molecular complexity index is 3550. The maximum absolute atomic E-state index is 6.15. The molecule has 0 unspecified atom stereocenters. The number of nitrogens with zero attached hydrogens (tertiary/aromatic N) is 3. The molecule has 0 radical (unpaired) electrons. The zero-order valence-electron chi connectivity index (χ0n) is 29.9. The van der Waals surface area contributed by atoms with Crippen molar-refractivity contribution in [1.29, 1.82) is 0 Å². The van der Waals surface area contributed by atoms with Crippen LogP contribution >= 0.6 is 11.3 Å². The van der Waals surface area contributed by atoms with Gasteiger partial charge in [0.1, 0.15) is 11.2 Å². The van der Waals surface area contributed by atoms with Crippen LogP contribution in [0.15, 0.2) is 180 Å². The second-order valence-electron chi connectivity index (χ2n) is 14.4. The van der Waals surface area contributed by atoms with Crippen LogP contribution in [0.1, 0.15) is 0 Å². The third-order valence-electron chi connectivity index (χ3n) is 11.1. The minimum atomic E-state index is 0.643. The van der Waals surface area contributed by atoms with Crippen molar-refractivity contribution in [2.45, 2.75) is 0 Å². The van der Waals surface area contributed by atoms with Crippen molar-refractivity contribution in [2.75, 3.05) is 0 Å². The second kappa shape index (κ2) is 12.2. The molecule has 3 aromatic heterocycles. The third kappa shape index (κ3) is 4.88. The molecule has 0 saturated carbocycles. The summed E-state index contributed by atoms with van der Waals surface area (Å²) in [6, 6.07) is 62.3. The highest BCUT2D eigenvalue weighted by atomic mass is 32.1. The summed E-state index contributed by atoms with van der Waals surface area (Å²) in [6.07, 6.45) is 0. The van der Waals surface area contributed by atoms with Gasteiger partial charge in [0.2, 0.25) is 0 Å². The lowest BCUT2D eigenvalue weighted by atomic mass is 9.91. The fourth-order valence-electron chi connectivity index (χ4n) is 8.40. The van der Waals surface area contributed by atoms with Gasteiger partial charge in [-0.2, -0.15) is 0 Å². The zero-order chi connectivity index (χ0) is 36.7. The molecule has 3 heterocycles. The molecule has 56 heavy (non-hydrogen) atoms. The summed E-state index contributed by atoms with van der Waals surface area (Å²) in [7, 11) is 0. The highest BCUT2D eigenvalue weighted by Gasteiger charge is 2.17. The lowest BCUT2D eigenvalue weighted by Gasteiger charge is -2.14. The Labute approximate surface area is 325 Å². The van der Waals surface area contributed by atoms with Crippen molar-refractivity contribution in [2.24, 2.45) is 0 Å². The number of hydrogen-bond acceptors (Lipinski definition) is 5. The van der Waals surface area contributed by atoms with E-state index >= 15 is 0 Å². The Morgan fingerprint density at radius 2 is 0.750 bits per heavy atom. The number of para-hydroxylation sites is 1. The summed E-state index contributed by atoms with van der Waals surface area (Å²) < 4.78 is 8.67. The predicted molar refractivity (Wildman–Crippen MR) is 234 cm³/mol. The molecular formula is C51H29N3OS. The van der Waals surface area contributed by atoms with E-state index in [4.69, 9.17) is 19.4 Å². The third-order valence-corrected chi connectivity index (χ3v) is 12.3. The van der Waals surface area contributed by atoms with Crippen LogP contribution in [0.25, 0.3) is 120 Å². The minimum absolute atomic E-state index is 0.643. The molecule has 0 amide bonds. The number of fused-ring (bicyclic) bond motifs is 12. The Morgan fingerprint density at radius 1 is 0.286 bits per heavy atom. The number of furan rings is 1. The van der Waals surface area contributed by atoms with E-state index in [2.05, 4.69) is 146 Å². The largest absolute Gasteiger partial charge is 0.456 e. The van der Waals surface area contributed by atoms with E-state index < -0.39 is 0 Å². The summed E-state index contributed by atoms with van der Waals surface area (Å²) in [5.41, 5.74) is 6.98. The van der Waals surface area contributed by atoms with Gasteiger partial charge in [-0.25, -0.2) is 15.0 Å². The van der Waals surface area contributed by atoms with E-state index in [1.165, 1.54) is 47.1 Å². The number of aromatic nitrogens is 3. The van der Waals surface area contributed by atoms with Crippen LogP contribution in [0.5, 0.6) is 0 Å². The van der Waals surface area contributed by atoms with E-state index in [9.17, 15) is 0 Å². The summed E-state index contributed by atoms with van der Waals surface area (Å²) in [5, 5.41) is 11.9. The number of hydrogen-bond donors (Lipinski definition) is 0. The van der Waals surface area contributed by atoms with Crippen molar-refractivity contribution < 1.29 is 4.42 Å². The van der Waals surface area contributed by atoms with Gasteiger partial charge in [-0.05, 0) is 98.0 Å². The summed E-state index contributed by atoms with van der Waals surface area (Å²) in [5.74, 6) is 1.95. The van der Waals surface area contributed by atoms with E-state index in [1.807, 2.05) is 41.7 Å². The fraction of sp³-hybridized carbons (Fsp3) is 0. The molecule has 12 rings (SSSR count). The first-order chi connectivity index (χ1) is 27.7. The molecule has 0 aliphatic carbocycles. The van der Waals surface area contributed by atoms with E-state index in [-0.39, 0.29) is 0 Å². The number of benzene rings is 9. The van der Waals surface area contributed by atoms with E-state index in [0.717, 1.165) is 55.1 Å². The van der Waals surface area contributed by atoms with Crippen LogP contribution in [0, 0.1) is 0 Å². The van der Waals surface area contributed by atoms with Gasteiger partial charge < -0.3 is 4.42 Å². The maximum Gasteiger partial charge on any atom is 0.164 e. The molecule has 5 heteroatoms. The molecule has 0 fully saturated rings. The van der Waals surface area contributed by atoms with Crippen molar-refractivity contribution in [3.05, 3.63) is 176 Å². The van der Waals surface area contributed by atoms with Gasteiger partial charge in [0, 0.05) is 47.6 Å². The molecule has 9 aromatic carbocycles. The zero-order valence-corrected chi connectivity index (χ0v) is 30.7. The molecule has 0 bridgehead atoms. The minimum Gasteiger partial charge on any atom is -0.456 e. The number of thiophene rings is 1. The SMILES string of the molecule is c1ccc(-c2nc(-c3ccc4sc5ccccc5c4c3)nc(-c3ccc4c5cc(-c6ccc7oc8ccccc8c7c6)ccc5c5ccccc5c4c3)n2)cc1. The van der Waals surface area contributed by atoms with Gasteiger partial charge in [0.15, 0.2) is 17.5 Å². The van der Waals surface area contributed by atoms with Crippen molar-refractivity contribution in [3.63, 3.8) is 0 Å². The molecule has 12 aromatic rings. The summed E-state index contributed by atoms with van der Waals surface area (Å²) >= 11 is 1.81. The first-order valence-electron chi connectivity index (χ1n) is 18.8. The van der Waals surface area contributed by atoms with Gasteiger partial charge in [-0.1, -0.05) is 121 Å². The first-order valence-corrected chi connectivity index (χ1v) is 19.6. The van der Waals surface area contributed by atoms with Gasteiger partial charge in [-0.15, -0.1) is 11.3 Å². The van der Waals surface area contributed by atoms with E-state index in [0.29, 0.717) is 17.5 Å². The normalized spacial score (nSPS) is 11.9. The lowest BCUT2D eigenvalue weighted by Crippen LogP contribution is -2.00. The molecule has 4 nitrogen and oxygen atoms in total. The van der Waals surface area contributed by atoms with Crippen molar-refractivity contribution >= 4 is 85.8 Å². The molecule has 0 saturated heterocycles. The van der Waals surface area contributed by atoms with Crippen LogP contribution in [0.4, 0.5) is 0 Å². The smallest absolute Gasteiger partial charge is 0.164 e. The lowest BCUT2D eigenvalue weighted by molar-refractivity contribution is 0.669. The first kappa shape index (κ1) is 31.2. The summed E-state index contributed by atoms with van der Waals surface area (Å²) in [4.78, 5) is 15.4. The monoisotopic (exact) mass is 731 g/mol. The van der Waals surface area contributed by atoms with Crippen molar-refractivity contribution in [1.82, 2.24) is 15.0 Å². The van der Waals surface area contributed by atoms with Crippen LogP contribution in [-0.4, -0.2) is 15.0 Å². The average molecular weight is 732 g/mol. The van der Waals surface area contributed by atoms with Gasteiger partial charge >= 0.3 is 0 Å². The fourth-order valence-corrected chi connectivity index (χ4v) is 9.48. The summed E-state index contributed by atoms with van der Waals surface area (Å²) in [6.45, 7) is 0. The molecular weight excluding hydrogens is 703 g/mol. The van der Waals surface area contributed by atoms with E-state index in [1.54, 1.807) is 0 Å². The van der Waals surface area contributed by atoms with Gasteiger partial charge in [0.25, 0.3) is 0 Å². The highest BCUT2D eigenvalue weighted by Crippen LogP contribution is 2.41. The molecule has 0 spiro atoms. The van der Waals surface area contributed by atoms with Crippen LogP contribution < -0.4 is 0 Å². The Kier molecular flexibility index (Phi) is 6.76. The Hall–Kier alpha value is -7.21. The van der Waals surface area contributed by atoms with Crippen LogP contribution in [0.2, 0.25) is 0 Å². The second-order valence-corrected chi connectivity index (χ2v) is 15.4. The predicted octanol–water partition coefficient (Wildman–Crippen LogP) is 14.3. The van der Waals surface area contributed by atoms with Gasteiger partial charge in [-0.3, -0.25) is 0 Å².